The van der Waals surface area contributed by atoms with Gasteiger partial charge in [0.2, 0.25) is 15.9 Å². The third kappa shape index (κ3) is 6.01. The first-order valence-corrected chi connectivity index (χ1v) is 11.9. The van der Waals surface area contributed by atoms with Crippen molar-refractivity contribution in [3.05, 3.63) is 84.4 Å². The number of carbonyl (C=O) groups is 1. The number of methoxy groups -OCH3 is 1. The van der Waals surface area contributed by atoms with Gasteiger partial charge in [0.05, 0.1) is 19.1 Å². The second-order valence-corrected chi connectivity index (χ2v) is 9.07. The Bertz CT molecular complexity index is 1130. The van der Waals surface area contributed by atoms with Crippen LogP contribution in [0.5, 0.6) is 17.2 Å². The summed E-state index contributed by atoms with van der Waals surface area (Å²) >= 11 is 0. The molecule has 0 saturated heterocycles. The number of sulfonamides is 1. The van der Waals surface area contributed by atoms with Gasteiger partial charge in [-0.3, -0.25) is 9.10 Å². The molecule has 0 radical (unpaired) electrons. The van der Waals surface area contributed by atoms with Crippen LogP contribution >= 0.6 is 0 Å². The number of carbonyl (C=O) groups excluding carboxylic acids is 1. The maximum atomic E-state index is 12.7. The molecule has 1 amide bonds. The molecule has 0 saturated carbocycles. The Hall–Kier alpha value is -3.52. The molecule has 0 heterocycles. The van der Waals surface area contributed by atoms with E-state index in [2.05, 4.69) is 5.32 Å². The first kappa shape index (κ1) is 23.1. The van der Waals surface area contributed by atoms with Crippen LogP contribution in [0.4, 0.5) is 5.69 Å². The molecule has 1 N–H and O–H groups in total. The van der Waals surface area contributed by atoms with Crippen LogP contribution in [0.15, 0.2) is 78.9 Å². The monoisotopic (exact) mass is 454 g/mol. The lowest BCUT2D eigenvalue weighted by Crippen LogP contribution is -2.47. The fourth-order valence-electron chi connectivity index (χ4n) is 3.17. The van der Waals surface area contributed by atoms with Crippen LogP contribution in [0, 0.1) is 0 Å². The standard InChI is InChI=1S/C24H26N2O5S/c1-18(24(27)25-17-19-9-13-21(30-2)14-10-19)26(32(3,28)29)20-11-15-23(16-12-20)31-22-7-5-4-6-8-22/h4-16,18H,17H2,1-3H3,(H,25,27)/t18-/m0/s1. The van der Waals surface area contributed by atoms with Crippen LogP contribution in [0.3, 0.4) is 0 Å². The van der Waals surface area contributed by atoms with Gasteiger partial charge in [-0.05, 0) is 61.0 Å². The third-order valence-electron chi connectivity index (χ3n) is 4.78. The number of hydrogen-bond acceptors (Lipinski definition) is 5. The van der Waals surface area contributed by atoms with Crippen LogP contribution in [-0.4, -0.2) is 33.7 Å². The van der Waals surface area contributed by atoms with Gasteiger partial charge in [-0.15, -0.1) is 0 Å². The Morgan fingerprint density at radius 1 is 0.906 bits per heavy atom. The van der Waals surface area contributed by atoms with Crippen molar-refractivity contribution in [3.63, 3.8) is 0 Å². The van der Waals surface area contributed by atoms with Crippen LogP contribution in [0.1, 0.15) is 12.5 Å². The summed E-state index contributed by atoms with van der Waals surface area (Å²) in [4.78, 5) is 12.7. The number of nitrogens with zero attached hydrogens (tertiary/aromatic N) is 1. The molecule has 0 spiro atoms. The smallest absolute Gasteiger partial charge is 0.243 e. The Morgan fingerprint density at radius 2 is 1.47 bits per heavy atom. The molecule has 3 rings (SSSR count). The fraction of sp³-hybridized carbons (Fsp3) is 0.208. The molecule has 0 aliphatic rings. The minimum Gasteiger partial charge on any atom is -0.497 e. The lowest BCUT2D eigenvalue weighted by atomic mass is 10.2. The van der Waals surface area contributed by atoms with E-state index in [0.717, 1.165) is 21.9 Å². The predicted molar refractivity (Wildman–Crippen MR) is 125 cm³/mol. The molecule has 0 bridgehead atoms. The number of benzene rings is 3. The summed E-state index contributed by atoms with van der Waals surface area (Å²) in [6.07, 6.45) is 1.08. The zero-order valence-electron chi connectivity index (χ0n) is 18.2. The Balaban J connectivity index is 1.71. The lowest BCUT2D eigenvalue weighted by Gasteiger charge is -2.28. The Labute approximate surface area is 188 Å². The van der Waals surface area contributed by atoms with Crippen molar-refractivity contribution in [1.29, 1.82) is 0 Å². The van der Waals surface area contributed by atoms with E-state index in [4.69, 9.17) is 9.47 Å². The van der Waals surface area contributed by atoms with Gasteiger partial charge in [0.15, 0.2) is 0 Å². The van der Waals surface area contributed by atoms with E-state index in [1.807, 2.05) is 42.5 Å². The molecule has 8 heteroatoms. The van der Waals surface area contributed by atoms with Gasteiger partial charge in [-0.2, -0.15) is 0 Å². The molecule has 168 valence electrons. The first-order chi connectivity index (χ1) is 15.3. The van der Waals surface area contributed by atoms with E-state index in [0.29, 0.717) is 17.2 Å². The van der Waals surface area contributed by atoms with Gasteiger partial charge in [0, 0.05) is 6.54 Å². The Morgan fingerprint density at radius 3 is 2.03 bits per heavy atom. The maximum absolute atomic E-state index is 12.7. The first-order valence-electron chi connectivity index (χ1n) is 10.0. The van der Waals surface area contributed by atoms with E-state index < -0.39 is 22.0 Å². The molecule has 0 fully saturated rings. The number of ether oxygens (including phenoxy) is 2. The highest BCUT2D eigenvalue weighted by Crippen LogP contribution is 2.27. The van der Waals surface area contributed by atoms with Crippen LogP contribution in [0.2, 0.25) is 0 Å². The molecule has 0 aliphatic carbocycles. The van der Waals surface area contributed by atoms with Gasteiger partial charge < -0.3 is 14.8 Å². The molecule has 0 aromatic heterocycles. The summed E-state index contributed by atoms with van der Waals surface area (Å²) in [5, 5.41) is 2.79. The average Bonchev–Trinajstić information content (AvgIpc) is 2.79. The molecule has 3 aromatic rings. The highest BCUT2D eigenvalue weighted by molar-refractivity contribution is 7.92. The number of rotatable bonds is 9. The number of nitrogens with one attached hydrogen (secondary N) is 1. The summed E-state index contributed by atoms with van der Waals surface area (Å²) in [5.41, 5.74) is 1.25. The maximum Gasteiger partial charge on any atom is 0.243 e. The highest BCUT2D eigenvalue weighted by Gasteiger charge is 2.29. The minimum absolute atomic E-state index is 0.272. The lowest BCUT2D eigenvalue weighted by molar-refractivity contribution is -0.122. The van der Waals surface area contributed by atoms with Crippen LogP contribution in [0.25, 0.3) is 0 Å². The molecule has 1 atom stereocenters. The van der Waals surface area contributed by atoms with Gasteiger partial charge in [0.25, 0.3) is 0 Å². The van der Waals surface area contributed by atoms with Crippen LogP contribution in [-0.2, 0) is 21.4 Å². The van der Waals surface area contributed by atoms with E-state index in [1.165, 1.54) is 0 Å². The van der Waals surface area contributed by atoms with Gasteiger partial charge in [-0.25, -0.2) is 8.42 Å². The number of hydrogen-bond donors (Lipinski definition) is 1. The molecule has 3 aromatic carbocycles. The minimum atomic E-state index is -3.71. The van der Waals surface area contributed by atoms with Crippen molar-refractivity contribution < 1.29 is 22.7 Å². The topological polar surface area (TPSA) is 84.9 Å². The van der Waals surface area contributed by atoms with E-state index in [9.17, 15) is 13.2 Å². The van der Waals surface area contributed by atoms with Gasteiger partial charge in [0.1, 0.15) is 23.3 Å². The molecule has 32 heavy (non-hydrogen) atoms. The van der Waals surface area contributed by atoms with E-state index in [1.54, 1.807) is 50.4 Å². The largest absolute Gasteiger partial charge is 0.497 e. The zero-order valence-corrected chi connectivity index (χ0v) is 19.0. The normalized spacial score (nSPS) is 12.0. The van der Waals surface area contributed by atoms with E-state index >= 15 is 0 Å². The summed E-state index contributed by atoms with van der Waals surface area (Å²) in [5.74, 6) is 1.55. The quantitative estimate of drug-likeness (QED) is 0.529. The molecule has 0 unspecified atom stereocenters. The molecular weight excluding hydrogens is 428 g/mol. The zero-order chi connectivity index (χ0) is 23.1. The second kappa shape index (κ2) is 10.2. The van der Waals surface area contributed by atoms with Crippen molar-refractivity contribution in [3.8, 4) is 17.2 Å². The average molecular weight is 455 g/mol. The van der Waals surface area contributed by atoms with E-state index in [-0.39, 0.29) is 6.54 Å². The number of para-hydroxylation sites is 1. The number of amides is 1. The molecule has 0 aliphatic heterocycles. The van der Waals surface area contributed by atoms with Crippen molar-refractivity contribution in [2.45, 2.75) is 19.5 Å². The van der Waals surface area contributed by atoms with Crippen LogP contribution < -0.4 is 19.1 Å². The molecule has 7 nitrogen and oxygen atoms in total. The van der Waals surface area contributed by atoms with Crippen molar-refractivity contribution in [2.24, 2.45) is 0 Å². The fourth-order valence-corrected chi connectivity index (χ4v) is 4.35. The highest BCUT2D eigenvalue weighted by atomic mass is 32.2. The Kier molecular flexibility index (Phi) is 7.37. The SMILES string of the molecule is COc1ccc(CNC(=O)[C@H](C)N(c2ccc(Oc3ccccc3)cc2)S(C)(=O)=O)cc1. The summed E-state index contributed by atoms with van der Waals surface area (Å²) < 4.78 is 37.0. The van der Waals surface area contributed by atoms with Crippen molar-refractivity contribution in [2.75, 3.05) is 17.7 Å². The number of anilines is 1. The predicted octanol–water partition coefficient (Wildman–Crippen LogP) is 3.96. The summed E-state index contributed by atoms with van der Waals surface area (Å²) in [7, 11) is -2.13. The summed E-state index contributed by atoms with van der Waals surface area (Å²) in [6, 6.07) is 22.2. The summed E-state index contributed by atoms with van der Waals surface area (Å²) in [6.45, 7) is 1.83. The second-order valence-electron chi connectivity index (χ2n) is 7.21. The third-order valence-corrected chi connectivity index (χ3v) is 6.03. The van der Waals surface area contributed by atoms with Crippen molar-refractivity contribution in [1.82, 2.24) is 5.32 Å². The van der Waals surface area contributed by atoms with Gasteiger partial charge >= 0.3 is 0 Å². The molecular formula is C24H26N2O5S. The van der Waals surface area contributed by atoms with Crippen molar-refractivity contribution >= 4 is 21.6 Å². The van der Waals surface area contributed by atoms with Gasteiger partial charge in [-0.1, -0.05) is 30.3 Å².